The molecule has 0 radical (unpaired) electrons. The van der Waals surface area contributed by atoms with E-state index in [-0.39, 0.29) is 12.2 Å². The summed E-state index contributed by atoms with van der Waals surface area (Å²) < 4.78 is 0. The van der Waals surface area contributed by atoms with E-state index in [2.05, 4.69) is 0 Å². The molecule has 58 valence electrons. The predicted octanol–water partition coefficient (Wildman–Crippen LogP) is -0.258. The number of hydrogen-bond donors (Lipinski definition) is 0. The molecule has 0 aromatic rings. The van der Waals surface area contributed by atoms with Crippen LogP contribution in [0.25, 0.3) is 0 Å². The van der Waals surface area contributed by atoms with Gasteiger partial charge in [-0.3, -0.25) is 4.79 Å². The van der Waals surface area contributed by atoms with Crippen LogP contribution in [0.5, 0.6) is 0 Å². The van der Waals surface area contributed by atoms with E-state index >= 15 is 0 Å². The summed E-state index contributed by atoms with van der Waals surface area (Å²) in [5, 5.41) is 10.1. The second-order valence-corrected chi connectivity index (χ2v) is 2.99. The molecule has 0 saturated carbocycles. The Balaban J connectivity index is 4.13. The zero-order valence-corrected chi connectivity index (χ0v) is 6.43. The van der Waals surface area contributed by atoms with Crippen molar-refractivity contribution in [2.24, 2.45) is 5.41 Å². The van der Waals surface area contributed by atoms with Gasteiger partial charge in [-0.05, 0) is 13.3 Å². The molecular weight excluding hydrogens is 132 g/mol. The average molecular weight is 143 g/mol. The molecule has 10 heavy (non-hydrogen) atoms. The number of carboxylic acid groups (broad SMARTS) is 1. The SMILES string of the molecule is CC(=O)C(C)(C)CC(=O)[O-]. The van der Waals surface area contributed by atoms with Crippen LogP contribution in [-0.2, 0) is 9.59 Å². The van der Waals surface area contributed by atoms with Gasteiger partial charge in [-0.2, -0.15) is 0 Å². The standard InChI is InChI=1S/C7H12O3/c1-5(8)7(2,3)4-6(9)10/h4H2,1-3H3,(H,9,10)/p-1. The highest BCUT2D eigenvalue weighted by Crippen LogP contribution is 2.20. The molecule has 0 bridgehead atoms. The third-order valence-electron chi connectivity index (χ3n) is 1.54. The number of aliphatic carboxylic acids is 1. The lowest BCUT2D eigenvalue weighted by Crippen LogP contribution is -2.32. The molecule has 0 N–H and O–H groups in total. The Hall–Kier alpha value is -0.860. The Labute approximate surface area is 60.0 Å². The largest absolute Gasteiger partial charge is 0.550 e. The molecule has 0 unspecified atom stereocenters. The molecule has 3 heteroatoms. The first-order valence-electron chi connectivity index (χ1n) is 3.07. The Bertz CT molecular complexity index is 158. The van der Waals surface area contributed by atoms with Gasteiger partial charge in [-0.25, -0.2) is 0 Å². The lowest BCUT2D eigenvalue weighted by atomic mass is 9.85. The molecule has 0 heterocycles. The summed E-state index contributed by atoms with van der Waals surface area (Å²) in [6.45, 7) is 4.55. The first-order valence-corrected chi connectivity index (χ1v) is 3.07. The highest BCUT2D eigenvalue weighted by Gasteiger charge is 2.23. The van der Waals surface area contributed by atoms with Crippen LogP contribution in [-0.4, -0.2) is 11.8 Å². The minimum Gasteiger partial charge on any atom is -0.550 e. The van der Waals surface area contributed by atoms with E-state index in [9.17, 15) is 14.7 Å². The molecule has 0 amide bonds. The zero-order chi connectivity index (χ0) is 8.36. The number of Topliss-reactive ketones (excluding diaryl/α,β-unsaturated/α-hetero) is 1. The zero-order valence-electron chi connectivity index (χ0n) is 6.43. The topological polar surface area (TPSA) is 57.2 Å². The highest BCUT2D eigenvalue weighted by molar-refractivity contribution is 5.85. The minimum atomic E-state index is -1.18. The Morgan fingerprint density at radius 1 is 1.40 bits per heavy atom. The van der Waals surface area contributed by atoms with Gasteiger partial charge >= 0.3 is 0 Å². The van der Waals surface area contributed by atoms with E-state index in [4.69, 9.17) is 0 Å². The monoisotopic (exact) mass is 143 g/mol. The van der Waals surface area contributed by atoms with Crippen molar-refractivity contribution in [3.8, 4) is 0 Å². The minimum absolute atomic E-state index is 0.128. The Morgan fingerprint density at radius 3 is 1.90 bits per heavy atom. The maximum atomic E-state index is 10.7. The number of carboxylic acids is 1. The fraction of sp³-hybridized carbons (Fsp3) is 0.714. The third-order valence-corrected chi connectivity index (χ3v) is 1.54. The highest BCUT2D eigenvalue weighted by atomic mass is 16.4. The first kappa shape index (κ1) is 9.14. The molecule has 0 aliphatic heterocycles. The van der Waals surface area contributed by atoms with Crippen molar-refractivity contribution in [3.05, 3.63) is 0 Å². The molecule has 0 rings (SSSR count). The van der Waals surface area contributed by atoms with Crippen molar-refractivity contribution in [1.82, 2.24) is 0 Å². The van der Waals surface area contributed by atoms with E-state index in [0.29, 0.717) is 0 Å². The molecule has 3 nitrogen and oxygen atoms in total. The Kier molecular flexibility index (Phi) is 2.57. The molecule has 0 aliphatic rings. The summed E-state index contributed by atoms with van der Waals surface area (Å²) in [4.78, 5) is 20.8. The van der Waals surface area contributed by atoms with Gasteiger partial charge in [0, 0.05) is 11.4 Å². The van der Waals surface area contributed by atoms with E-state index in [1.54, 1.807) is 13.8 Å². The van der Waals surface area contributed by atoms with Crippen LogP contribution in [0, 0.1) is 5.41 Å². The van der Waals surface area contributed by atoms with Gasteiger partial charge < -0.3 is 9.90 Å². The van der Waals surface area contributed by atoms with Gasteiger partial charge in [-0.15, -0.1) is 0 Å². The van der Waals surface area contributed by atoms with Gasteiger partial charge in [0.25, 0.3) is 0 Å². The summed E-state index contributed by atoms with van der Waals surface area (Å²) in [5.41, 5.74) is -0.779. The summed E-state index contributed by atoms with van der Waals surface area (Å²) in [6, 6.07) is 0. The molecular formula is C7H11O3-. The van der Waals surface area contributed by atoms with Crippen LogP contribution in [0.4, 0.5) is 0 Å². The molecule has 0 spiro atoms. The van der Waals surface area contributed by atoms with Crippen LogP contribution >= 0.6 is 0 Å². The van der Waals surface area contributed by atoms with Crippen molar-refractivity contribution in [3.63, 3.8) is 0 Å². The lowest BCUT2D eigenvalue weighted by Gasteiger charge is -2.20. The quantitative estimate of drug-likeness (QED) is 0.547. The Morgan fingerprint density at radius 2 is 1.80 bits per heavy atom. The van der Waals surface area contributed by atoms with Crippen LogP contribution < -0.4 is 5.11 Å². The van der Waals surface area contributed by atoms with Crippen LogP contribution in [0.1, 0.15) is 27.2 Å². The first-order chi connectivity index (χ1) is 4.36. The predicted molar refractivity (Wildman–Crippen MR) is 34.1 cm³/mol. The summed E-state index contributed by atoms with van der Waals surface area (Å²) >= 11 is 0. The second-order valence-electron chi connectivity index (χ2n) is 2.99. The lowest BCUT2D eigenvalue weighted by molar-refractivity contribution is -0.307. The summed E-state index contributed by atoms with van der Waals surface area (Å²) in [6.07, 6.45) is -0.206. The number of carbonyl (C=O) groups excluding carboxylic acids is 2. The molecule has 0 aromatic heterocycles. The van der Waals surface area contributed by atoms with E-state index < -0.39 is 11.4 Å². The van der Waals surface area contributed by atoms with Gasteiger partial charge in [-0.1, -0.05) is 13.8 Å². The van der Waals surface area contributed by atoms with Crippen LogP contribution in [0.2, 0.25) is 0 Å². The average Bonchev–Trinajstić information content (AvgIpc) is 1.60. The number of rotatable bonds is 3. The summed E-state index contributed by atoms with van der Waals surface area (Å²) in [7, 11) is 0. The van der Waals surface area contributed by atoms with Gasteiger partial charge in [0.1, 0.15) is 5.78 Å². The van der Waals surface area contributed by atoms with Crippen LogP contribution in [0.15, 0.2) is 0 Å². The summed E-state index contributed by atoms with van der Waals surface area (Å²) in [5.74, 6) is -1.31. The molecule has 0 saturated heterocycles. The van der Waals surface area contributed by atoms with Crippen molar-refractivity contribution in [1.29, 1.82) is 0 Å². The van der Waals surface area contributed by atoms with Gasteiger partial charge in [0.05, 0.1) is 0 Å². The fourth-order valence-electron chi connectivity index (χ4n) is 0.485. The van der Waals surface area contributed by atoms with E-state index in [0.717, 1.165) is 0 Å². The van der Waals surface area contributed by atoms with Crippen LogP contribution in [0.3, 0.4) is 0 Å². The normalized spacial score (nSPS) is 11.1. The number of ketones is 1. The fourth-order valence-corrected chi connectivity index (χ4v) is 0.485. The van der Waals surface area contributed by atoms with E-state index in [1.165, 1.54) is 6.92 Å². The maximum absolute atomic E-state index is 10.7. The number of hydrogen-bond acceptors (Lipinski definition) is 3. The van der Waals surface area contributed by atoms with Crippen molar-refractivity contribution >= 4 is 11.8 Å². The van der Waals surface area contributed by atoms with E-state index in [1.807, 2.05) is 0 Å². The molecule has 0 aromatic carbocycles. The van der Waals surface area contributed by atoms with Crippen molar-refractivity contribution < 1.29 is 14.7 Å². The van der Waals surface area contributed by atoms with Crippen molar-refractivity contribution in [2.75, 3.05) is 0 Å². The molecule has 0 atom stereocenters. The molecule has 0 aliphatic carbocycles. The smallest absolute Gasteiger partial charge is 0.135 e. The van der Waals surface area contributed by atoms with Gasteiger partial charge in [0.15, 0.2) is 0 Å². The number of carbonyl (C=O) groups is 2. The van der Waals surface area contributed by atoms with Gasteiger partial charge in [0.2, 0.25) is 0 Å². The maximum Gasteiger partial charge on any atom is 0.135 e. The third kappa shape index (κ3) is 2.62. The van der Waals surface area contributed by atoms with Crippen molar-refractivity contribution in [2.45, 2.75) is 27.2 Å². The second kappa shape index (κ2) is 2.82. The molecule has 0 fully saturated rings.